The number of ether oxygens (including phenoxy) is 1. The summed E-state index contributed by atoms with van der Waals surface area (Å²) in [5.74, 6) is 0.724. The molecular weight excluding hydrogens is 306 g/mol. The highest BCUT2D eigenvalue weighted by atomic mass is 79.9. The maximum atomic E-state index is 9.73. The molecule has 0 amide bonds. The minimum absolute atomic E-state index is 0.550. The normalized spacial score (nSPS) is 12.2. The molecule has 1 aromatic heterocycles. The van der Waals surface area contributed by atoms with E-state index >= 15 is 0 Å². The summed E-state index contributed by atoms with van der Waals surface area (Å²) in [6.45, 7) is 2.29. The number of aliphatic hydroxyl groups excluding tert-OH is 1. The molecule has 0 unspecified atom stereocenters. The van der Waals surface area contributed by atoms with Crippen molar-refractivity contribution in [2.45, 2.75) is 19.4 Å². The minimum atomic E-state index is -0.550. The molecule has 0 aliphatic carbocycles. The zero-order valence-electron chi connectivity index (χ0n) is 10.7. The molecule has 1 N–H and O–H groups in total. The molecule has 2 aromatic rings. The Balaban J connectivity index is 2.00. The van der Waals surface area contributed by atoms with Crippen molar-refractivity contribution in [1.82, 2.24) is 4.98 Å². The van der Waals surface area contributed by atoms with Crippen LogP contribution in [-0.2, 0) is 6.42 Å². The lowest BCUT2D eigenvalue weighted by Gasteiger charge is -2.13. The molecule has 2 rings (SSSR count). The predicted octanol–water partition coefficient (Wildman–Crippen LogP) is 3.52. The zero-order valence-corrected chi connectivity index (χ0v) is 12.3. The van der Waals surface area contributed by atoms with Gasteiger partial charge in [-0.05, 0) is 36.8 Å². The van der Waals surface area contributed by atoms with Crippen LogP contribution in [0, 0.1) is 0 Å². The summed E-state index contributed by atoms with van der Waals surface area (Å²) in [5, 5.41) is 9.73. The fourth-order valence-electron chi connectivity index (χ4n) is 1.80. The van der Waals surface area contributed by atoms with Crippen LogP contribution in [0.5, 0.6) is 5.75 Å². The Hall–Kier alpha value is -1.39. The van der Waals surface area contributed by atoms with Gasteiger partial charge in [0.15, 0.2) is 0 Å². The van der Waals surface area contributed by atoms with E-state index in [1.807, 2.05) is 36.5 Å². The van der Waals surface area contributed by atoms with Crippen LogP contribution in [0.1, 0.15) is 24.2 Å². The molecule has 1 atom stereocenters. The number of benzene rings is 1. The Morgan fingerprint density at radius 3 is 2.89 bits per heavy atom. The number of aromatic nitrogens is 1. The number of nitrogens with zero attached hydrogens (tertiary/aromatic N) is 1. The van der Waals surface area contributed by atoms with E-state index in [1.54, 1.807) is 13.1 Å². The Kier molecular flexibility index (Phi) is 4.93. The lowest BCUT2D eigenvalue weighted by molar-refractivity contribution is 0.191. The fourth-order valence-corrected chi connectivity index (χ4v) is 2.18. The highest BCUT2D eigenvalue weighted by molar-refractivity contribution is 9.10. The summed E-state index contributed by atoms with van der Waals surface area (Å²) in [6.07, 6.45) is 3.83. The third kappa shape index (κ3) is 4.04. The standard InChI is InChI=1S/C15H16BrNO2/c1-11(18)14-9-13(16)4-5-15(14)19-8-6-12-3-2-7-17-10-12/h2-5,7,9-11,18H,6,8H2,1H3/t11-/m0/s1. The van der Waals surface area contributed by atoms with Crippen molar-refractivity contribution in [2.24, 2.45) is 0 Å². The van der Waals surface area contributed by atoms with Crippen LogP contribution < -0.4 is 4.74 Å². The van der Waals surface area contributed by atoms with Crippen LogP contribution in [0.25, 0.3) is 0 Å². The number of rotatable bonds is 5. The average Bonchev–Trinajstić information content (AvgIpc) is 2.41. The molecular formula is C15H16BrNO2. The van der Waals surface area contributed by atoms with Crippen molar-refractivity contribution in [1.29, 1.82) is 0 Å². The molecule has 1 aromatic carbocycles. The van der Waals surface area contributed by atoms with E-state index in [-0.39, 0.29) is 0 Å². The van der Waals surface area contributed by atoms with Crippen LogP contribution in [0.15, 0.2) is 47.2 Å². The van der Waals surface area contributed by atoms with Gasteiger partial charge < -0.3 is 9.84 Å². The quantitative estimate of drug-likeness (QED) is 0.916. The van der Waals surface area contributed by atoms with E-state index in [0.29, 0.717) is 6.61 Å². The predicted molar refractivity (Wildman–Crippen MR) is 78.2 cm³/mol. The van der Waals surface area contributed by atoms with Crippen LogP contribution in [0.2, 0.25) is 0 Å². The molecule has 0 spiro atoms. The highest BCUT2D eigenvalue weighted by Crippen LogP contribution is 2.28. The largest absolute Gasteiger partial charge is 0.493 e. The zero-order chi connectivity index (χ0) is 13.7. The third-order valence-electron chi connectivity index (χ3n) is 2.79. The van der Waals surface area contributed by atoms with Gasteiger partial charge in [0.25, 0.3) is 0 Å². The molecule has 3 nitrogen and oxygen atoms in total. The van der Waals surface area contributed by atoms with Gasteiger partial charge in [-0.1, -0.05) is 22.0 Å². The van der Waals surface area contributed by atoms with Crippen molar-refractivity contribution in [2.75, 3.05) is 6.61 Å². The summed E-state index contributed by atoms with van der Waals surface area (Å²) in [7, 11) is 0. The Bertz CT molecular complexity index is 529. The SMILES string of the molecule is C[C@H](O)c1cc(Br)ccc1OCCc1cccnc1. The van der Waals surface area contributed by atoms with Gasteiger partial charge in [0, 0.05) is 28.9 Å². The smallest absolute Gasteiger partial charge is 0.125 e. The van der Waals surface area contributed by atoms with Crippen molar-refractivity contribution >= 4 is 15.9 Å². The lowest BCUT2D eigenvalue weighted by atomic mass is 10.1. The van der Waals surface area contributed by atoms with E-state index in [2.05, 4.69) is 20.9 Å². The number of pyridine rings is 1. The van der Waals surface area contributed by atoms with Crippen LogP contribution >= 0.6 is 15.9 Å². The van der Waals surface area contributed by atoms with Gasteiger partial charge in [-0.3, -0.25) is 4.98 Å². The molecule has 4 heteroatoms. The van der Waals surface area contributed by atoms with Crippen LogP contribution in [0.3, 0.4) is 0 Å². The van der Waals surface area contributed by atoms with Crippen molar-refractivity contribution < 1.29 is 9.84 Å². The summed E-state index contributed by atoms with van der Waals surface area (Å²) in [5.41, 5.74) is 1.93. The molecule has 0 aliphatic heterocycles. The monoisotopic (exact) mass is 321 g/mol. The first-order valence-electron chi connectivity index (χ1n) is 6.16. The summed E-state index contributed by atoms with van der Waals surface area (Å²) in [6, 6.07) is 9.59. The average molecular weight is 322 g/mol. The van der Waals surface area contributed by atoms with E-state index in [0.717, 1.165) is 27.8 Å². The second kappa shape index (κ2) is 6.68. The number of hydrogen-bond acceptors (Lipinski definition) is 3. The second-order valence-electron chi connectivity index (χ2n) is 4.32. The van der Waals surface area contributed by atoms with Gasteiger partial charge in [-0.15, -0.1) is 0 Å². The fraction of sp³-hybridized carbons (Fsp3) is 0.267. The maximum absolute atomic E-state index is 9.73. The van der Waals surface area contributed by atoms with Crippen LogP contribution in [-0.4, -0.2) is 16.7 Å². The number of hydrogen-bond donors (Lipinski definition) is 1. The van der Waals surface area contributed by atoms with Crippen molar-refractivity contribution in [3.05, 3.63) is 58.3 Å². The summed E-state index contributed by atoms with van der Waals surface area (Å²) >= 11 is 3.39. The van der Waals surface area contributed by atoms with Gasteiger partial charge in [0.1, 0.15) is 5.75 Å². The van der Waals surface area contributed by atoms with E-state index in [4.69, 9.17) is 4.74 Å². The molecule has 0 saturated carbocycles. The first-order valence-corrected chi connectivity index (χ1v) is 6.95. The maximum Gasteiger partial charge on any atom is 0.125 e. The Morgan fingerprint density at radius 1 is 1.37 bits per heavy atom. The first kappa shape index (κ1) is 14.0. The molecule has 19 heavy (non-hydrogen) atoms. The van der Waals surface area contributed by atoms with Crippen LogP contribution in [0.4, 0.5) is 0 Å². The molecule has 0 aliphatic rings. The van der Waals surface area contributed by atoms with E-state index < -0.39 is 6.10 Å². The van der Waals surface area contributed by atoms with Gasteiger partial charge in [-0.25, -0.2) is 0 Å². The minimum Gasteiger partial charge on any atom is -0.493 e. The Morgan fingerprint density at radius 2 is 2.21 bits per heavy atom. The third-order valence-corrected chi connectivity index (χ3v) is 3.29. The Labute approximate surface area is 121 Å². The van der Waals surface area contributed by atoms with E-state index in [1.165, 1.54) is 0 Å². The summed E-state index contributed by atoms with van der Waals surface area (Å²) < 4.78 is 6.68. The molecule has 1 heterocycles. The molecule has 100 valence electrons. The lowest BCUT2D eigenvalue weighted by Crippen LogP contribution is -2.05. The topological polar surface area (TPSA) is 42.4 Å². The second-order valence-corrected chi connectivity index (χ2v) is 5.23. The first-order chi connectivity index (χ1) is 9.16. The van der Waals surface area contributed by atoms with Gasteiger partial charge in [-0.2, -0.15) is 0 Å². The van der Waals surface area contributed by atoms with Gasteiger partial charge in [0.2, 0.25) is 0 Å². The van der Waals surface area contributed by atoms with Crippen molar-refractivity contribution in [3.63, 3.8) is 0 Å². The molecule has 0 bridgehead atoms. The summed E-state index contributed by atoms with van der Waals surface area (Å²) in [4.78, 5) is 4.07. The highest BCUT2D eigenvalue weighted by Gasteiger charge is 2.09. The molecule has 0 radical (unpaired) electrons. The number of aliphatic hydroxyl groups is 1. The van der Waals surface area contributed by atoms with Gasteiger partial charge in [0.05, 0.1) is 12.7 Å². The van der Waals surface area contributed by atoms with Gasteiger partial charge >= 0.3 is 0 Å². The number of halogens is 1. The van der Waals surface area contributed by atoms with Crippen molar-refractivity contribution in [3.8, 4) is 5.75 Å². The molecule has 0 saturated heterocycles. The van der Waals surface area contributed by atoms with E-state index in [9.17, 15) is 5.11 Å². The molecule has 0 fully saturated rings.